The minimum absolute atomic E-state index is 0.103. The van der Waals surface area contributed by atoms with Crippen LogP contribution >= 0.6 is 15.9 Å². The van der Waals surface area contributed by atoms with Crippen LogP contribution in [0.3, 0.4) is 0 Å². The van der Waals surface area contributed by atoms with Crippen LogP contribution < -0.4 is 0 Å². The van der Waals surface area contributed by atoms with Gasteiger partial charge in [-0.3, -0.25) is 0 Å². The maximum Gasteiger partial charge on any atom is 0.217 e. The monoisotopic (exact) mass is 531 g/mol. The van der Waals surface area contributed by atoms with E-state index in [1.54, 1.807) is 4.68 Å². The van der Waals surface area contributed by atoms with Gasteiger partial charge in [-0.25, -0.2) is 18.4 Å². The number of hydrogen-bond acceptors (Lipinski definition) is 5. The van der Waals surface area contributed by atoms with E-state index in [0.717, 1.165) is 31.4 Å². The zero-order valence-corrected chi connectivity index (χ0v) is 21.8. The second-order valence-corrected chi connectivity index (χ2v) is 15.3. The van der Waals surface area contributed by atoms with Crippen LogP contribution in [0.25, 0.3) is 0 Å². The third-order valence-corrected chi connectivity index (χ3v) is 11.2. The van der Waals surface area contributed by atoms with Crippen LogP contribution in [0, 0.1) is 11.6 Å². The first-order valence-corrected chi connectivity index (χ1v) is 14.6. The molecule has 1 aromatic carbocycles. The molecule has 178 valence electrons. The normalized spacial score (nSPS) is 19.7. The van der Waals surface area contributed by atoms with Crippen molar-refractivity contribution in [3.63, 3.8) is 0 Å². The zero-order valence-electron chi connectivity index (χ0n) is 19.2. The van der Waals surface area contributed by atoms with Crippen LogP contribution in [0.15, 0.2) is 22.9 Å². The first-order valence-electron chi connectivity index (χ1n) is 10.9. The summed E-state index contributed by atoms with van der Waals surface area (Å²) in [6.45, 7) is 11.1. The molecule has 1 aromatic heterocycles. The summed E-state index contributed by atoms with van der Waals surface area (Å²) in [5, 5.41) is 15.4. The Morgan fingerprint density at radius 1 is 1.28 bits per heavy atom. The number of aromatic nitrogens is 3. The fourth-order valence-corrected chi connectivity index (χ4v) is 5.12. The predicted molar refractivity (Wildman–Crippen MR) is 124 cm³/mol. The summed E-state index contributed by atoms with van der Waals surface area (Å²) in [4.78, 5) is 4.37. The minimum atomic E-state index is -2.29. The van der Waals surface area contributed by atoms with Gasteiger partial charge in [-0.05, 0) is 71.0 Å². The smallest absolute Gasteiger partial charge is 0.217 e. The van der Waals surface area contributed by atoms with Gasteiger partial charge >= 0.3 is 0 Å². The van der Waals surface area contributed by atoms with Crippen LogP contribution in [-0.2, 0) is 9.16 Å². The third-order valence-electron chi connectivity index (χ3n) is 6.35. The largest absolute Gasteiger partial charge is 0.410 e. The Balaban J connectivity index is 1.91. The summed E-state index contributed by atoms with van der Waals surface area (Å²) in [5.41, 5.74) is 0.479. The first-order chi connectivity index (χ1) is 14.9. The van der Waals surface area contributed by atoms with E-state index in [2.05, 4.69) is 59.9 Å². The molecule has 0 aliphatic carbocycles. The van der Waals surface area contributed by atoms with Gasteiger partial charge < -0.3 is 14.3 Å². The van der Waals surface area contributed by atoms with Crippen molar-refractivity contribution in [1.29, 1.82) is 0 Å². The van der Waals surface area contributed by atoms with Crippen molar-refractivity contribution in [1.82, 2.24) is 14.8 Å². The molecule has 2 heterocycles. The van der Waals surface area contributed by atoms with E-state index in [1.807, 2.05) is 0 Å². The van der Waals surface area contributed by atoms with Crippen molar-refractivity contribution in [2.45, 2.75) is 83.0 Å². The quantitative estimate of drug-likeness (QED) is 0.430. The summed E-state index contributed by atoms with van der Waals surface area (Å²) < 4.78 is 42.0. The van der Waals surface area contributed by atoms with Crippen molar-refractivity contribution >= 4 is 24.2 Å². The highest BCUT2D eigenvalue weighted by molar-refractivity contribution is 9.10. The molecular formula is C22H32BrF2N3O3Si. The van der Waals surface area contributed by atoms with Gasteiger partial charge in [0.2, 0.25) is 4.73 Å². The number of rotatable bonds is 7. The van der Waals surface area contributed by atoms with Gasteiger partial charge in [0.1, 0.15) is 6.10 Å². The number of aliphatic hydroxyl groups excluding tert-OH is 1. The number of benzene rings is 1. The molecule has 3 atom stereocenters. The predicted octanol–water partition coefficient (Wildman–Crippen LogP) is 6.20. The second kappa shape index (κ2) is 9.96. The molecular weight excluding hydrogens is 500 g/mol. The molecule has 1 aliphatic rings. The molecule has 2 unspecified atom stereocenters. The molecule has 1 aliphatic heterocycles. The molecule has 1 saturated heterocycles. The Morgan fingerprint density at radius 2 is 2.00 bits per heavy atom. The number of nitrogens with zero attached hydrogens (tertiary/aromatic N) is 3. The highest BCUT2D eigenvalue weighted by Crippen LogP contribution is 2.42. The van der Waals surface area contributed by atoms with Gasteiger partial charge in [-0.15, -0.1) is 5.10 Å². The lowest BCUT2D eigenvalue weighted by atomic mass is 10.0. The molecule has 2 aromatic rings. The Labute approximate surface area is 197 Å². The standard InChI is InChI=1S/C22H32BrF2N3O3Si/c1-22(2,3)32(4,5)31-18(14-9-10-15(24)16(25)12-14)13-17(29)20-26-21(23)27-28(20)19-8-6-7-11-30-19/h9-10,12,17-19,29H,6-8,11,13H2,1-5H3/t17-,18?,19?/m1/s1. The number of ether oxygens (including phenoxy) is 1. The molecule has 3 rings (SSSR count). The van der Waals surface area contributed by atoms with Crippen molar-refractivity contribution in [2.75, 3.05) is 6.61 Å². The molecule has 6 nitrogen and oxygen atoms in total. The van der Waals surface area contributed by atoms with Crippen molar-refractivity contribution in [2.24, 2.45) is 0 Å². The lowest BCUT2D eigenvalue weighted by molar-refractivity contribution is -0.0466. The molecule has 0 spiro atoms. The minimum Gasteiger partial charge on any atom is -0.410 e. The Hall–Kier alpha value is -1.20. The van der Waals surface area contributed by atoms with Gasteiger partial charge in [-0.1, -0.05) is 26.8 Å². The van der Waals surface area contributed by atoms with Crippen molar-refractivity contribution < 1.29 is 23.1 Å². The molecule has 32 heavy (non-hydrogen) atoms. The second-order valence-electron chi connectivity index (χ2n) is 9.80. The highest BCUT2D eigenvalue weighted by Gasteiger charge is 2.40. The molecule has 0 radical (unpaired) electrons. The van der Waals surface area contributed by atoms with Crippen LogP contribution in [-0.4, -0.2) is 34.8 Å². The maximum atomic E-state index is 14.0. The summed E-state index contributed by atoms with van der Waals surface area (Å²) in [6, 6.07) is 3.74. The Bertz CT molecular complexity index is 930. The SMILES string of the molecule is CC(C)(C)[Si](C)(C)OC(C[C@@H](O)c1nc(Br)nn1C1CCCCO1)c1ccc(F)c(F)c1. The van der Waals surface area contributed by atoms with Gasteiger partial charge in [0.15, 0.2) is 32.0 Å². The van der Waals surface area contributed by atoms with E-state index >= 15 is 0 Å². The van der Waals surface area contributed by atoms with Crippen molar-refractivity contribution in [3.05, 3.63) is 46.0 Å². The lowest BCUT2D eigenvalue weighted by Gasteiger charge is -2.40. The molecule has 1 N–H and O–H groups in total. The summed E-state index contributed by atoms with van der Waals surface area (Å²) in [5.74, 6) is -1.50. The average molecular weight is 533 g/mol. The summed E-state index contributed by atoms with van der Waals surface area (Å²) in [7, 11) is -2.29. The fraction of sp³-hybridized carbons (Fsp3) is 0.636. The van der Waals surface area contributed by atoms with E-state index < -0.39 is 32.2 Å². The molecule has 0 saturated carbocycles. The number of aliphatic hydroxyl groups is 1. The molecule has 10 heteroatoms. The van der Waals surface area contributed by atoms with Crippen LogP contribution in [0.1, 0.15) is 76.3 Å². The van der Waals surface area contributed by atoms with E-state index in [0.29, 0.717) is 22.7 Å². The van der Waals surface area contributed by atoms with Crippen LogP contribution in [0.5, 0.6) is 0 Å². The number of halogens is 3. The number of hydrogen-bond donors (Lipinski definition) is 1. The van der Waals surface area contributed by atoms with Gasteiger partial charge in [-0.2, -0.15) is 0 Å². The van der Waals surface area contributed by atoms with Crippen LogP contribution in [0.4, 0.5) is 8.78 Å². The Morgan fingerprint density at radius 3 is 2.59 bits per heavy atom. The molecule has 0 bridgehead atoms. The van der Waals surface area contributed by atoms with E-state index in [9.17, 15) is 13.9 Å². The van der Waals surface area contributed by atoms with Gasteiger partial charge in [0.25, 0.3) is 0 Å². The first kappa shape index (κ1) is 25.4. The van der Waals surface area contributed by atoms with Crippen molar-refractivity contribution in [3.8, 4) is 0 Å². The summed E-state index contributed by atoms with van der Waals surface area (Å²) in [6.07, 6.45) is 0.916. The zero-order chi connectivity index (χ0) is 23.7. The highest BCUT2D eigenvalue weighted by atomic mass is 79.9. The lowest BCUT2D eigenvalue weighted by Crippen LogP contribution is -2.42. The van der Waals surface area contributed by atoms with Crippen LogP contribution in [0.2, 0.25) is 18.1 Å². The van der Waals surface area contributed by atoms with Gasteiger partial charge in [0.05, 0.1) is 6.10 Å². The molecule has 0 amide bonds. The topological polar surface area (TPSA) is 69.4 Å². The van der Waals surface area contributed by atoms with E-state index in [4.69, 9.17) is 9.16 Å². The third kappa shape index (κ3) is 5.83. The molecule has 1 fully saturated rings. The summed E-state index contributed by atoms with van der Waals surface area (Å²) >= 11 is 3.30. The van der Waals surface area contributed by atoms with Gasteiger partial charge in [0, 0.05) is 13.0 Å². The Kier molecular flexibility index (Phi) is 7.92. The van der Waals surface area contributed by atoms with E-state index in [1.165, 1.54) is 6.07 Å². The fourth-order valence-electron chi connectivity index (χ4n) is 3.47. The average Bonchev–Trinajstić information content (AvgIpc) is 3.11. The maximum absolute atomic E-state index is 14.0. The van der Waals surface area contributed by atoms with E-state index in [-0.39, 0.29) is 17.7 Å².